The molecule has 6 heteroatoms. The van der Waals surface area contributed by atoms with Gasteiger partial charge in [0, 0.05) is 6.20 Å². The van der Waals surface area contributed by atoms with Gasteiger partial charge in [-0.05, 0) is 24.4 Å². The maximum Gasteiger partial charge on any atom is 0.256 e. The van der Waals surface area contributed by atoms with Crippen LogP contribution < -0.4 is 0 Å². The van der Waals surface area contributed by atoms with E-state index in [2.05, 4.69) is 9.97 Å². The van der Waals surface area contributed by atoms with Gasteiger partial charge in [0.15, 0.2) is 10.4 Å². The molecule has 74 valence electrons. The quantitative estimate of drug-likeness (QED) is 0.780. The first kappa shape index (κ1) is 9.26. The SMILES string of the molecule is FC(F)Cn1c(=S)[nH]c2cccnc21. The Balaban J connectivity index is 2.62. The lowest BCUT2D eigenvalue weighted by Crippen LogP contribution is -2.06. The van der Waals surface area contributed by atoms with Crippen molar-refractivity contribution in [1.82, 2.24) is 14.5 Å². The summed E-state index contributed by atoms with van der Waals surface area (Å²) in [5.41, 5.74) is 1.15. The molecule has 0 aliphatic carbocycles. The Labute approximate surface area is 83.4 Å². The van der Waals surface area contributed by atoms with Gasteiger partial charge in [0.2, 0.25) is 0 Å². The van der Waals surface area contributed by atoms with Gasteiger partial charge in [0.25, 0.3) is 6.43 Å². The largest absolute Gasteiger partial charge is 0.329 e. The van der Waals surface area contributed by atoms with Crippen molar-refractivity contribution in [3.05, 3.63) is 23.1 Å². The van der Waals surface area contributed by atoms with Crippen molar-refractivity contribution in [2.24, 2.45) is 0 Å². The van der Waals surface area contributed by atoms with Crippen LogP contribution in [-0.2, 0) is 6.54 Å². The highest BCUT2D eigenvalue weighted by Gasteiger charge is 2.09. The second-order valence-corrected chi connectivity index (χ2v) is 3.19. The molecule has 1 N–H and O–H groups in total. The van der Waals surface area contributed by atoms with Gasteiger partial charge in [-0.3, -0.25) is 4.57 Å². The number of hydrogen-bond donors (Lipinski definition) is 1. The van der Waals surface area contributed by atoms with E-state index in [0.717, 1.165) is 0 Å². The van der Waals surface area contributed by atoms with E-state index >= 15 is 0 Å². The smallest absolute Gasteiger partial charge is 0.256 e. The van der Waals surface area contributed by atoms with Gasteiger partial charge in [-0.2, -0.15) is 0 Å². The van der Waals surface area contributed by atoms with Gasteiger partial charge in [-0.15, -0.1) is 0 Å². The van der Waals surface area contributed by atoms with Gasteiger partial charge >= 0.3 is 0 Å². The summed E-state index contributed by atoms with van der Waals surface area (Å²) < 4.78 is 26.0. The number of halogens is 2. The maximum absolute atomic E-state index is 12.2. The molecule has 0 atom stereocenters. The molecule has 0 fully saturated rings. The predicted octanol–water partition coefficient (Wildman–Crippen LogP) is 2.36. The molecular weight excluding hydrogens is 208 g/mol. The number of aromatic amines is 1. The third-order valence-electron chi connectivity index (χ3n) is 1.85. The van der Waals surface area contributed by atoms with Gasteiger partial charge in [0.1, 0.15) is 0 Å². The number of pyridine rings is 1. The second kappa shape index (κ2) is 3.45. The summed E-state index contributed by atoms with van der Waals surface area (Å²) in [4.78, 5) is 6.80. The number of alkyl halides is 2. The van der Waals surface area contributed by atoms with Crippen molar-refractivity contribution < 1.29 is 8.78 Å². The van der Waals surface area contributed by atoms with Crippen molar-refractivity contribution in [1.29, 1.82) is 0 Å². The molecule has 0 unspecified atom stereocenters. The van der Waals surface area contributed by atoms with E-state index in [0.29, 0.717) is 11.2 Å². The first-order valence-electron chi connectivity index (χ1n) is 4.00. The number of nitrogens with zero attached hydrogens (tertiary/aromatic N) is 2. The molecule has 0 aliphatic heterocycles. The van der Waals surface area contributed by atoms with E-state index in [-0.39, 0.29) is 4.77 Å². The Morgan fingerprint density at radius 2 is 2.36 bits per heavy atom. The maximum atomic E-state index is 12.2. The molecule has 3 nitrogen and oxygen atoms in total. The zero-order valence-corrected chi connectivity index (χ0v) is 7.89. The summed E-state index contributed by atoms with van der Waals surface area (Å²) in [5, 5.41) is 0. The fraction of sp³-hybridized carbons (Fsp3) is 0.250. The minimum absolute atomic E-state index is 0.277. The Kier molecular flexibility index (Phi) is 2.28. The highest BCUT2D eigenvalue weighted by molar-refractivity contribution is 7.71. The van der Waals surface area contributed by atoms with Crippen LogP contribution in [0.4, 0.5) is 8.78 Å². The second-order valence-electron chi connectivity index (χ2n) is 2.81. The highest BCUT2D eigenvalue weighted by Crippen LogP contribution is 2.12. The summed E-state index contributed by atoms with van der Waals surface area (Å²) in [6.07, 6.45) is -0.880. The Bertz CT molecular complexity index is 503. The molecule has 0 saturated heterocycles. The molecule has 0 radical (unpaired) electrons. The van der Waals surface area contributed by atoms with Gasteiger partial charge in [-0.25, -0.2) is 13.8 Å². The van der Waals surface area contributed by atoms with Crippen LogP contribution in [0.2, 0.25) is 0 Å². The van der Waals surface area contributed by atoms with Crippen molar-refractivity contribution >= 4 is 23.4 Å². The predicted molar refractivity (Wildman–Crippen MR) is 50.9 cm³/mol. The lowest BCUT2D eigenvalue weighted by atomic mass is 10.4. The van der Waals surface area contributed by atoms with E-state index < -0.39 is 13.0 Å². The number of imidazole rings is 1. The number of hydrogen-bond acceptors (Lipinski definition) is 2. The molecule has 2 aromatic rings. The lowest BCUT2D eigenvalue weighted by Gasteiger charge is -2.01. The minimum Gasteiger partial charge on any atom is -0.329 e. The van der Waals surface area contributed by atoms with Gasteiger partial charge < -0.3 is 4.98 Å². The third kappa shape index (κ3) is 1.52. The zero-order chi connectivity index (χ0) is 10.1. The van der Waals surface area contributed by atoms with E-state index in [9.17, 15) is 8.78 Å². The van der Waals surface area contributed by atoms with Gasteiger partial charge in [-0.1, -0.05) is 0 Å². The van der Waals surface area contributed by atoms with Crippen LogP contribution in [0.5, 0.6) is 0 Å². The molecule has 2 aromatic heterocycles. The average molecular weight is 215 g/mol. The monoisotopic (exact) mass is 215 g/mol. The Morgan fingerprint density at radius 1 is 1.57 bits per heavy atom. The molecule has 14 heavy (non-hydrogen) atoms. The van der Waals surface area contributed by atoms with Crippen molar-refractivity contribution in [3.63, 3.8) is 0 Å². The lowest BCUT2D eigenvalue weighted by molar-refractivity contribution is 0.127. The molecule has 0 bridgehead atoms. The molecule has 2 heterocycles. The third-order valence-corrected chi connectivity index (χ3v) is 2.17. The topological polar surface area (TPSA) is 33.6 Å². The summed E-state index contributed by atoms with van der Waals surface area (Å²) in [6, 6.07) is 3.47. The summed E-state index contributed by atoms with van der Waals surface area (Å²) in [7, 11) is 0. The van der Waals surface area contributed by atoms with Crippen LogP contribution in [0.1, 0.15) is 0 Å². The van der Waals surface area contributed by atoms with Crippen molar-refractivity contribution in [3.8, 4) is 0 Å². The number of H-pyrrole nitrogens is 1. The van der Waals surface area contributed by atoms with Crippen molar-refractivity contribution in [2.75, 3.05) is 0 Å². The molecule has 0 saturated carbocycles. The molecular formula is C8H7F2N3S. The van der Waals surface area contributed by atoms with E-state index in [1.807, 2.05) is 0 Å². The summed E-state index contributed by atoms with van der Waals surface area (Å²) in [5.74, 6) is 0. The van der Waals surface area contributed by atoms with E-state index in [1.54, 1.807) is 18.3 Å². The fourth-order valence-corrected chi connectivity index (χ4v) is 1.57. The van der Waals surface area contributed by atoms with Gasteiger partial charge in [0.05, 0.1) is 12.1 Å². The molecule has 2 rings (SSSR count). The van der Waals surface area contributed by atoms with E-state index in [4.69, 9.17) is 12.2 Å². The average Bonchev–Trinajstić information content (AvgIpc) is 2.43. The molecule has 0 aliphatic rings. The Hall–Kier alpha value is -1.30. The molecule has 0 spiro atoms. The summed E-state index contributed by atoms with van der Waals surface area (Å²) in [6.45, 7) is -0.421. The standard InChI is InChI=1S/C8H7F2N3S/c9-6(10)4-13-7-5(12-8(13)14)2-1-3-11-7/h1-3,6H,4H2,(H,12,14). The molecule has 0 amide bonds. The summed E-state index contributed by atoms with van der Waals surface area (Å²) >= 11 is 4.91. The van der Waals surface area contributed by atoms with Crippen LogP contribution in [-0.4, -0.2) is 21.0 Å². The number of nitrogens with one attached hydrogen (secondary N) is 1. The van der Waals surface area contributed by atoms with Crippen LogP contribution in [0, 0.1) is 4.77 Å². The zero-order valence-electron chi connectivity index (χ0n) is 7.08. The van der Waals surface area contributed by atoms with Crippen molar-refractivity contribution in [2.45, 2.75) is 13.0 Å². The number of aromatic nitrogens is 3. The van der Waals surface area contributed by atoms with E-state index in [1.165, 1.54) is 4.57 Å². The first-order valence-corrected chi connectivity index (χ1v) is 4.41. The Morgan fingerprint density at radius 3 is 3.07 bits per heavy atom. The first-order chi connectivity index (χ1) is 6.68. The van der Waals surface area contributed by atoms with Crippen LogP contribution in [0.15, 0.2) is 18.3 Å². The van der Waals surface area contributed by atoms with Crippen LogP contribution >= 0.6 is 12.2 Å². The number of rotatable bonds is 2. The normalized spacial score (nSPS) is 11.4. The van der Waals surface area contributed by atoms with Crippen LogP contribution in [0.3, 0.4) is 0 Å². The highest BCUT2D eigenvalue weighted by atomic mass is 32.1. The van der Waals surface area contributed by atoms with Crippen LogP contribution in [0.25, 0.3) is 11.2 Å². The fourth-order valence-electron chi connectivity index (χ4n) is 1.30. The number of fused-ring (bicyclic) bond motifs is 1. The minimum atomic E-state index is -2.43. The molecule has 0 aromatic carbocycles.